The summed E-state index contributed by atoms with van der Waals surface area (Å²) in [5, 5.41) is 3.23. The molecule has 1 atom stereocenters. The summed E-state index contributed by atoms with van der Waals surface area (Å²) >= 11 is 5.00. The Hall–Kier alpha value is -0.780. The molecular formula is C15H16BrF2NS. The Balaban J connectivity index is 2.47. The zero-order chi connectivity index (χ0) is 14.7. The quantitative estimate of drug-likeness (QED) is 0.774. The summed E-state index contributed by atoms with van der Waals surface area (Å²) in [6, 6.07) is 5.47. The van der Waals surface area contributed by atoms with E-state index < -0.39 is 17.7 Å². The van der Waals surface area contributed by atoms with Crippen molar-refractivity contribution in [2.75, 3.05) is 6.54 Å². The average Bonchev–Trinajstić information content (AvgIpc) is 2.73. The van der Waals surface area contributed by atoms with Gasteiger partial charge in [-0.15, -0.1) is 11.3 Å². The maximum atomic E-state index is 14.0. The number of benzene rings is 1. The maximum Gasteiger partial charge on any atom is 0.131 e. The van der Waals surface area contributed by atoms with E-state index in [0.29, 0.717) is 6.54 Å². The lowest BCUT2D eigenvalue weighted by molar-refractivity contribution is 0.506. The van der Waals surface area contributed by atoms with Crippen molar-refractivity contribution in [1.82, 2.24) is 5.32 Å². The smallest absolute Gasteiger partial charge is 0.131 e. The second-order valence-corrected chi connectivity index (χ2v) is 6.72. The molecule has 0 aliphatic carbocycles. The van der Waals surface area contributed by atoms with Crippen LogP contribution >= 0.6 is 27.3 Å². The fourth-order valence-electron chi connectivity index (χ4n) is 2.04. The normalized spacial score (nSPS) is 12.7. The van der Waals surface area contributed by atoms with Gasteiger partial charge in [-0.1, -0.05) is 13.0 Å². The molecule has 1 unspecified atom stereocenters. The van der Waals surface area contributed by atoms with Crippen LogP contribution in [-0.2, 0) is 0 Å². The van der Waals surface area contributed by atoms with Crippen molar-refractivity contribution in [2.24, 2.45) is 0 Å². The van der Waals surface area contributed by atoms with Crippen molar-refractivity contribution < 1.29 is 8.78 Å². The van der Waals surface area contributed by atoms with Gasteiger partial charge in [0.05, 0.1) is 6.04 Å². The Morgan fingerprint density at radius 1 is 1.30 bits per heavy atom. The first-order chi connectivity index (χ1) is 9.54. The first kappa shape index (κ1) is 15.6. The van der Waals surface area contributed by atoms with Crippen LogP contribution in [0.25, 0.3) is 0 Å². The van der Waals surface area contributed by atoms with E-state index in [2.05, 4.69) is 21.2 Å². The van der Waals surface area contributed by atoms with Crippen molar-refractivity contribution in [3.63, 3.8) is 0 Å². The van der Waals surface area contributed by atoms with Crippen LogP contribution < -0.4 is 5.32 Å². The molecular weight excluding hydrogens is 344 g/mol. The van der Waals surface area contributed by atoms with E-state index in [4.69, 9.17) is 0 Å². The summed E-state index contributed by atoms with van der Waals surface area (Å²) < 4.78 is 29.0. The second kappa shape index (κ2) is 6.78. The largest absolute Gasteiger partial charge is 0.305 e. The number of halogens is 3. The number of nitrogens with one attached hydrogen (secondary N) is 1. The van der Waals surface area contributed by atoms with Gasteiger partial charge in [-0.2, -0.15) is 0 Å². The molecule has 0 aliphatic rings. The van der Waals surface area contributed by atoms with Crippen LogP contribution in [0.4, 0.5) is 8.78 Å². The van der Waals surface area contributed by atoms with Gasteiger partial charge in [0.25, 0.3) is 0 Å². The van der Waals surface area contributed by atoms with E-state index in [1.165, 1.54) is 18.2 Å². The second-order valence-electron chi connectivity index (χ2n) is 4.58. The monoisotopic (exact) mass is 359 g/mol. The fourth-order valence-corrected chi connectivity index (χ4v) is 3.69. The van der Waals surface area contributed by atoms with Gasteiger partial charge in [0.2, 0.25) is 0 Å². The van der Waals surface area contributed by atoms with E-state index in [-0.39, 0.29) is 5.56 Å². The number of hydrogen-bond donors (Lipinski definition) is 1. The molecule has 0 amide bonds. The maximum absolute atomic E-state index is 14.0. The van der Waals surface area contributed by atoms with Crippen molar-refractivity contribution in [1.29, 1.82) is 0 Å². The Labute approximate surface area is 130 Å². The van der Waals surface area contributed by atoms with Gasteiger partial charge in [-0.05, 0) is 54.0 Å². The average molecular weight is 360 g/mol. The summed E-state index contributed by atoms with van der Waals surface area (Å²) in [7, 11) is 0. The van der Waals surface area contributed by atoms with Gasteiger partial charge in [0, 0.05) is 19.8 Å². The van der Waals surface area contributed by atoms with E-state index in [0.717, 1.165) is 20.6 Å². The molecule has 0 saturated heterocycles. The summed E-state index contributed by atoms with van der Waals surface area (Å²) in [5.41, 5.74) is 0.0923. The Morgan fingerprint density at radius 2 is 1.95 bits per heavy atom. The molecule has 1 N–H and O–H groups in total. The SMILES string of the molecule is CCCNC(c1cc(Br)c(C)s1)c1c(F)cccc1F. The van der Waals surface area contributed by atoms with Crippen molar-refractivity contribution >= 4 is 27.3 Å². The van der Waals surface area contributed by atoms with Crippen molar-refractivity contribution in [3.8, 4) is 0 Å². The fraction of sp³-hybridized carbons (Fsp3) is 0.333. The highest BCUT2D eigenvalue weighted by Gasteiger charge is 2.23. The molecule has 1 heterocycles. The third-order valence-electron chi connectivity index (χ3n) is 3.05. The molecule has 1 aromatic heterocycles. The lowest BCUT2D eigenvalue weighted by Crippen LogP contribution is -2.24. The van der Waals surface area contributed by atoms with Crippen LogP contribution in [0.2, 0.25) is 0 Å². The third-order valence-corrected chi connectivity index (χ3v) is 5.25. The van der Waals surface area contributed by atoms with Gasteiger partial charge < -0.3 is 5.32 Å². The highest BCUT2D eigenvalue weighted by molar-refractivity contribution is 9.10. The molecule has 0 spiro atoms. The van der Waals surface area contributed by atoms with E-state index in [9.17, 15) is 8.78 Å². The molecule has 0 radical (unpaired) electrons. The minimum absolute atomic E-state index is 0.0923. The molecule has 5 heteroatoms. The van der Waals surface area contributed by atoms with E-state index in [1.54, 1.807) is 11.3 Å². The van der Waals surface area contributed by atoms with Crippen LogP contribution in [0.3, 0.4) is 0 Å². The van der Waals surface area contributed by atoms with Gasteiger partial charge >= 0.3 is 0 Å². The Kier molecular flexibility index (Phi) is 5.29. The number of rotatable bonds is 5. The highest BCUT2D eigenvalue weighted by Crippen LogP contribution is 2.35. The minimum Gasteiger partial charge on any atom is -0.305 e. The predicted molar refractivity (Wildman–Crippen MR) is 83.3 cm³/mol. The first-order valence-corrected chi connectivity index (χ1v) is 8.08. The minimum atomic E-state index is -0.513. The zero-order valence-corrected chi connectivity index (χ0v) is 13.7. The first-order valence-electron chi connectivity index (χ1n) is 6.47. The van der Waals surface area contributed by atoms with Crippen LogP contribution in [0.5, 0.6) is 0 Å². The summed E-state index contributed by atoms with van der Waals surface area (Å²) in [5.74, 6) is -1.03. The molecule has 108 valence electrons. The molecule has 2 aromatic rings. The van der Waals surface area contributed by atoms with Gasteiger partial charge in [-0.3, -0.25) is 0 Å². The Bertz CT molecular complexity index is 558. The number of aryl methyl sites for hydroxylation is 1. The van der Waals surface area contributed by atoms with Crippen LogP contribution in [0, 0.1) is 18.6 Å². The molecule has 1 aromatic carbocycles. The molecule has 0 fully saturated rings. The van der Waals surface area contributed by atoms with Crippen LogP contribution in [0.1, 0.15) is 34.7 Å². The molecule has 0 saturated carbocycles. The van der Waals surface area contributed by atoms with Crippen molar-refractivity contribution in [3.05, 3.63) is 55.7 Å². The lowest BCUT2D eigenvalue weighted by atomic mass is 10.0. The molecule has 1 nitrogen and oxygen atoms in total. The van der Waals surface area contributed by atoms with Gasteiger partial charge in [0.15, 0.2) is 0 Å². The summed E-state index contributed by atoms with van der Waals surface area (Å²) in [6.45, 7) is 4.71. The molecule has 20 heavy (non-hydrogen) atoms. The standard InChI is InChI=1S/C15H16BrF2NS/c1-3-7-19-15(13-8-10(16)9(2)20-13)14-11(17)5-4-6-12(14)18/h4-6,8,15,19H,3,7H2,1-2H3. The summed E-state index contributed by atoms with van der Waals surface area (Å²) in [4.78, 5) is 2.01. The highest BCUT2D eigenvalue weighted by atomic mass is 79.9. The van der Waals surface area contributed by atoms with Crippen LogP contribution in [0.15, 0.2) is 28.7 Å². The third kappa shape index (κ3) is 3.27. The predicted octanol–water partition coefficient (Wildman–Crippen LogP) is 5.19. The number of thiophene rings is 1. The van der Waals surface area contributed by atoms with E-state index >= 15 is 0 Å². The lowest BCUT2D eigenvalue weighted by Gasteiger charge is -2.19. The van der Waals surface area contributed by atoms with Gasteiger partial charge in [0.1, 0.15) is 11.6 Å². The van der Waals surface area contributed by atoms with Crippen molar-refractivity contribution in [2.45, 2.75) is 26.3 Å². The Morgan fingerprint density at radius 3 is 2.45 bits per heavy atom. The number of hydrogen-bond acceptors (Lipinski definition) is 2. The zero-order valence-electron chi connectivity index (χ0n) is 11.3. The molecule has 0 aliphatic heterocycles. The molecule has 0 bridgehead atoms. The topological polar surface area (TPSA) is 12.0 Å². The van der Waals surface area contributed by atoms with E-state index in [1.807, 2.05) is 19.9 Å². The summed E-state index contributed by atoms with van der Waals surface area (Å²) in [6.07, 6.45) is 0.901. The van der Waals surface area contributed by atoms with Gasteiger partial charge in [-0.25, -0.2) is 8.78 Å². The molecule has 2 rings (SSSR count). The van der Waals surface area contributed by atoms with Crippen LogP contribution in [-0.4, -0.2) is 6.54 Å².